The van der Waals surface area contributed by atoms with Crippen LogP contribution in [0.2, 0.25) is 0 Å². The summed E-state index contributed by atoms with van der Waals surface area (Å²) in [6.07, 6.45) is 0. The molecule has 0 unspecified atom stereocenters. The number of nitro benzene ring substituents is 1. The molecular weight excluding hydrogens is 238 g/mol. The van der Waals surface area contributed by atoms with Crippen molar-refractivity contribution >= 4 is 16.9 Å². The fourth-order valence-electron chi connectivity index (χ4n) is 1.76. The molecular formula is C10H7N5O3. The van der Waals surface area contributed by atoms with E-state index in [9.17, 15) is 10.1 Å². The number of rotatable bonds is 2. The van der Waals surface area contributed by atoms with Crippen molar-refractivity contribution in [2.24, 2.45) is 0 Å². The molecule has 0 fully saturated rings. The zero-order valence-corrected chi connectivity index (χ0v) is 9.27. The minimum Gasteiger partial charge on any atom is -0.258 e. The van der Waals surface area contributed by atoms with Gasteiger partial charge in [-0.15, -0.1) is 0 Å². The average Bonchev–Trinajstić information content (AvgIpc) is 2.94. The third-order valence-electron chi connectivity index (χ3n) is 2.57. The van der Waals surface area contributed by atoms with Crippen LogP contribution in [0.5, 0.6) is 0 Å². The van der Waals surface area contributed by atoms with Crippen molar-refractivity contribution in [3.63, 3.8) is 0 Å². The highest BCUT2D eigenvalue weighted by Gasteiger charge is 2.20. The number of fused-ring (bicyclic) bond motifs is 1. The van der Waals surface area contributed by atoms with E-state index in [2.05, 4.69) is 20.0 Å². The van der Waals surface area contributed by atoms with Crippen LogP contribution in [0.15, 0.2) is 28.9 Å². The van der Waals surface area contributed by atoms with Gasteiger partial charge < -0.3 is 0 Å². The lowest BCUT2D eigenvalue weighted by Gasteiger charge is -2.01. The number of aryl methyl sites for hydroxylation is 1. The highest BCUT2D eigenvalue weighted by atomic mass is 16.6. The van der Waals surface area contributed by atoms with Gasteiger partial charge >= 0.3 is 0 Å². The molecule has 1 aromatic carbocycles. The van der Waals surface area contributed by atoms with Gasteiger partial charge in [0.1, 0.15) is 5.69 Å². The van der Waals surface area contributed by atoms with E-state index < -0.39 is 4.92 Å². The van der Waals surface area contributed by atoms with Gasteiger partial charge in [-0.2, -0.15) is 5.10 Å². The summed E-state index contributed by atoms with van der Waals surface area (Å²) in [7, 11) is 0. The van der Waals surface area contributed by atoms with Gasteiger partial charge in [0.2, 0.25) is 5.65 Å². The van der Waals surface area contributed by atoms with Crippen LogP contribution in [-0.2, 0) is 0 Å². The number of hydrogen-bond donors (Lipinski definition) is 0. The Hall–Kier alpha value is -2.77. The molecule has 3 aromatic rings. The molecule has 0 aliphatic carbocycles. The fourth-order valence-corrected chi connectivity index (χ4v) is 1.76. The van der Waals surface area contributed by atoms with E-state index in [0.29, 0.717) is 22.5 Å². The Balaban J connectivity index is 2.33. The molecule has 2 heterocycles. The van der Waals surface area contributed by atoms with E-state index in [1.165, 1.54) is 10.7 Å². The standard InChI is InChI=1S/C10H7N5O3/c1-6-9-10(13-18-12-9)14(11-6)7-4-2-3-5-8(7)15(16)17/h2-5H,1H3. The molecule has 8 heteroatoms. The second kappa shape index (κ2) is 3.62. The largest absolute Gasteiger partial charge is 0.294 e. The zero-order valence-electron chi connectivity index (χ0n) is 9.27. The fraction of sp³-hybridized carbons (Fsp3) is 0.100. The van der Waals surface area contributed by atoms with Crippen LogP contribution in [0.4, 0.5) is 5.69 Å². The number of hydrogen-bond acceptors (Lipinski definition) is 6. The monoisotopic (exact) mass is 245 g/mol. The van der Waals surface area contributed by atoms with Gasteiger partial charge in [0.05, 0.1) is 10.6 Å². The molecule has 0 saturated carbocycles. The maximum atomic E-state index is 11.0. The third-order valence-corrected chi connectivity index (χ3v) is 2.57. The predicted molar refractivity (Wildman–Crippen MR) is 60.3 cm³/mol. The summed E-state index contributed by atoms with van der Waals surface area (Å²) < 4.78 is 5.98. The molecule has 0 radical (unpaired) electrons. The van der Waals surface area contributed by atoms with Crippen molar-refractivity contribution in [3.8, 4) is 5.69 Å². The topological polar surface area (TPSA) is 99.9 Å². The Morgan fingerprint density at radius 3 is 2.89 bits per heavy atom. The summed E-state index contributed by atoms with van der Waals surface area (Å²) in [4.78, 5) is 10.5. The summed E-state index contributed by atoms with van der Waals surface area (Å²) in [5.74, 6) is 0. The quantitative estimate of drug-likeness (QED) is 0.502. The summed E-state index contributed by atoms with van der Waals surface area (Å²) >= 11 is 0. The van der Waals surface area contributed by atoms with Crippen molar-refractivity contribution in [2.45, 2.75) is 6.92 Å². The van der Waals surface area contributed by atoms with E-state index in [1.807, 2.05) is 0 Å². The van der Waals surface area contributed by atoms with Crippen LogP contribution in [0.1, 0.15) is 5.69 Å². The maximum Gasteiger partial charge on any atom is 0.294 e. The van der Waals surface area contributed by atoms with Crippen LogP contribution >= 0.6 is 0 Å². The zero-order chi connectivity index (χ0) is 12.7. The van der Waals surface area contributed by atoms with Gasteiger partial charge in [-0.1, -0.05) is 12.1 Å². The average molecular weight is 245 g/mol. The summed E-state index contributed by atoms with van der Waals surface area (Å²) in [5.41, 5.74) is 1.74. The van der Waals surface area contributed by atoms with Gasteiger partial charge in [0, 0.05) is 6.07 Å². The van der Waals surface area contributed by atoms with Crippen molar-refractivity contribution in [2.75, 3.05) is 0 Å². The summed E-state index contributed by atoms with van der Waals surface area (Å²) in [6.45, 7) is 1.73. The third kappa shape index (κ3) is 1.35. The Morgan fingerprint density at radius 1 is 1.33 bits per heavy atom. The van der Waals surface area contributed by atoms with E-state index in [0.717, 1.165) is 0 Å². The Bertz CT molecular complexity index is 745. The Labute approximate surface area is 99.9 Å². The molecule has 0 amide bonds. The second-order valence-corrected chi connectivity index (χ2v) is 3.68. The van der Waals surface area contributed by atoms with E-state index in [1.54, 1.807) is 25.1 Å². The number of para-hydroxylation sites is 2. The van der Waals surface area contributed by atoms with Crippen molar-refractivity contribution < 1.29 is 9.55 Å². The van der Waals surface area contributed by atoms with Crippen LogP contribution in [-0.4, -0.2) is 25.0 Å². The molecule has 90 valence electrons. The number of aromatic nitrogens is 4. The van der Waals surface area contributed by atoms with Gasteiger partial charge in [0.25, 0.3) is 5.69 Å². The minimum absolute atomic E-state index is 0.0510. The summed E-state index contributed by atoms with van der Waals surface area (Å²) in [5, 5.41) is 22.6. The van der Waals surface area contributed by atoms with Gasteiger partial charge in [-0.3, -0.25) is 10.1 Å². The molecule has 0 bridgehead atoms. The first-order chi connectivity index (χ1) is 8.68. The van der Waals surface area contributed by atoms with Gasteiger partial charge in [-0.05, 0) is 23.3 Å². The number of benzene rings is 1. The molecule has 18 heavy (non-hydrogen) atoms. The van der Waals surface area contributed by atoms with Gasteiger partial charge in [0.15, 0.2) is 5.52 Å². The van der Waals surface area contributed by atoms with Crippen LogP contribution in [0, 0.1) is 17.0 Å². The highest BCUT2D eigenvalue weighted by molar-refractivity contribution is 5.75. The van der Waals surface area contributed by atoms with Crippen molar-refractivity contribution in [1.29, 1.82) is 0 Å². The molecule has 2 aromatic heterocycles. The lowest BCUT2D eigenvalue weighted by molar-refractivity contribution is -0.384. The second-order valence-electron chi connectivity index (χ2n) is 3.68. The molecule has 0 aliphatic rings. The molecule has 3 rings (SSSR count). The Kier molecular flexibility index (Phi) is 2.09. The van der Waals surface area contributed by atoms with Gasteiger partial charge in [-0.25, -0.2) is 9.31 Å². The first-order valence-electron chi connectivity index (χ1n) is 5.10. The SMILES string of the molecule is Cc1nn(-c2ccccc2[N+](=O)[O-])c2nonc12. The smallest absolute Gasteiger partial charge is 0.258 e. The molecule has 0 atom stereocenters. The van der Waals surface area contributed by atoms with Crippen LogP contribution < -0.4 is 0 Å². The van der Waals surface area contributed by atoms with E-state index in [-0.39, 0.29) is 5.69 Å². The molecule has 0 aliphatic heterocycles. The summed E-state index contributed by atoms with van der Waals surface area (Å²) in [6, 6.07) is 6.29. The highest BCUT2D eigenvalue weighted by Crippen LogP contribution is 2.25. The normalized spacial score (nSPS) is 10.9. The van der Waals surface area contributed by atoms with Crippen molar-refractivity contribution in [1.82, 2.24) is 20.1 Å². The van der Waals surface area contributed by atoms with Crippen molar-refractivity contribution in [3.05, 3.63) is 40.1 Å². The van der Waals surface area contributed by atoms with E-state index >= 15 is 0 Å². The van der Waals surface area contributed by atoms with Crippen LogP contribution in [0.3, 0.4) is 0 Å². The first kappa shape index (κ1) is 10.4. The molecule has 0 N–H and O–H groups in total. The lowest BCUT2D eigenvalue weighted by atomic mass is 10.3. The molecule has 0 saturated heterocycles. The molecule has 0 spiro atoms. The number of nitrogens with zero attached hydrogens (tertiary/aromatic N) is 5. The first-order valence-corrected chi connectivity index (χ1v) is 5.10. The lowest BCUT2D eigenvalue weighted by Crippen LogP contribution is -2.02. The van der Waals surface area contributed by atoms with E-state index in [4.69, 9.17) is 0 Å². The Morgan fingerprint density at radius 2 is 2.11 bits per heavy atom. The number of nitro groups is 1. The minimum atomic E-state index is -0.467. The maximum absolute atomic E-state index is 11.0. The molecule has 8 nitrogen and oxygen atoms in total. The predicted octanol–water partition coefficient (Wildman–Crippen LogP) is 1.63. The van der Waals surface area contributed by atoms with Crippen LogP contribution in [0.25, 0.3) is 16.9 Å².